The number of halogens is 1. The van der Waals surface area contributed by atoms with Gasteiger partial charge < -0.3 is 68.4 Å². The summed E-state index contributed by atoms with van der Waals surface area (Å²) in [7, 11) is -5.11. The lowest BCUT2D eigenvalue weighted by Gasteiger charge is -2.40. The molecule has 100 heavy (non-hydrogen) atoms. The number of nitrogens with zero attached hydrogens (tertiary/aromatic N) is 2. The third-order valence-corrected chi connectivity index (χ3v) is 28.2. The molecule has 10 rings (SSSR count). The van der Waals surface area contributed by atoms with E-state index in [-0.39, 0.29) is 78.9 Å². The molecule has 4 aliphatic rings. The van der Waals surface area contributed by atoms with Crippen LogP contribution in [-0.4, -0.2) is 168 Å². The summed E-state index contributed by atoms with van der Waals surface area (Å²) in [5.74, 6) is 0.332. The topological polar surface area (TPSA) is 418 Å². The van der Waals surface area contributed by atoms with Crippen molar-refractivity contribution in [2.45, 2.75) is 232 Å². The standard InChI is InChI=1S/C24H36N2O4Si.C17H30N2O4Si.C16H18N2O6.C9H12N2O6.CH3F.2CH4/c1-8-19-16(2)20(30-31(6,7)24(3,4)5)21(29-19)18-15-26(23(28)25-22(18)27)14-17-12-10-9-11-13-17;1-8-12-10(2)13(23-24(6,7)17(3,4)5)14(22-12)11-9-18-16(21)19-15(11)20;19-8-11-12(20)13(21)14(24-11)10-7-18(16(23)17-15(10)22)6-9-4-2-1-3-5-9;12-2-4-5(13)6(14)7(17-4)3-1-10-9(16)11-8(3)15;1-2;;/h9-13,15-16,19-21H,8,14H2,1-7H3,(H,25,27,28);9-10,12-14H,8H2,1-7H3,(H2,18,19,20,21);1-5,7,11-14,19-21H,6,8H2,(H,17,22,23);1,4-7,12-14H,2H2,(H2,10,11,15,16);1H3;2*1H4/t16?,19-,20+,21+;10?,12-,13+,14+;11-,12?,13+,14+;4-,5?,6+,7+;;;/m1111.../s1/i;;;;1D;;. The van der Waals surface area contributed by atoms with Gasteiger partial charge in [0.05, 0.1) is 81.5 Å². The van der Waals surface area contributed by atoms with Gasteiger partial charge in [-0.15, -0.1) is 0 Å². The average Bonchev–Trinajstić information content (AvgIpc) is 1.82. The number of hydrogen-bond acceptors (Lipinski definition) is 20. The fraction of sp³-hybridized carbons (Fsp3) is 0.594. The van der Waals surface area contributed by atoms with Gasteiger partial charge in [0.2, 0.25) is 0 Å². The van der Waals surface area contributed by atoms with Gasteiger partial charge in [-0.05, 0) is 60.2 Å². The first-order valence-electron chi connectivity index (χ1n) is 33.3. The van der Waals surface area contributed by atoms with E-state index in [0.29, 0.717) is 17.7 Å². The van der Waals surface area contributed by atoms with Crippen molar-refractivity contribution < 1.29 is 64.2 Å². The molecule has 4 unspecified atom stereocenters. The van der Waals surface area contributed by atoms with Crippen molar-refractivity contribution in [3.05, 3.63) is 202 Å². The van der Waals surface area contributed by atoms with E-state index in [1.165, 1.54) is 17.0 Å². The normalized spacial score (nSPS) is 26.6. The second kappa shape index (κ2) is 36.3. The van der Waals surface area contributed by atoms with Gasteiger partial charge >= 0.3 is 22.8 Å². The maximum absolute atomic E-state index is 12.8. The van der Waals surface area contributed by atoms with Crippen LogP contribution < -0.4 is 45.0 Å². The molecule has 4 aliphatic heterocycles. The van der Waals surface area contributed by atoms with Crippen LogP contribution in [0.2, 0.25) is 36.3 Å². The molecular formula is C69H107FN8O20Si2. The summed E-state index contributed by atoms with van der Waals surface area (Å²) in [6.45, 7) is 30.1. The van der Waals surface area contributed by atoms with Crippen molar-refractivity contribution in [1.82, 2.24) is 39.0 Å². The molecule has 4 aromatic heterocycles. The van der Waals surface area contributed by atoms with Crippen LogP contribution in [0.15, 0.2) is 124 Å². The molecule has 31 heteroatoms. The van der Waals surface area contributed by atoms with Crippen LogP contribution >= 0.6 is 0 Å². The zero-order valence-electron chi connectivity index (χ0n) is 58.9. The summed E-state index contributed by atoms with van der Waals surface area (Å²) < 4.78 is 54.8. The zero-order chi connectivity index (χ0) is 73.8. The molecule has 0 spiro atoms. The Morgan fingerprint density at radius 3 is 1.11 bits per heavy atom. The van der Waals surface area contributed by atoms with Crippen molar-refractivity contribution in [3.8, 4) is 0 Å². The lowest BCUT2D eigenvalue weighted by Crippen LogP contribution is -2.47. The largest absolute Gasteiger partial charge is 0.411 e. The smallest absolute Gasteiger partial charge is 0.328 e. The molecule has 6 aromatic rings. The van der Waals surface area contributed by atoms with Crippen LogP contribution in [-0.2, 0) is 40.9 Å². The van der Waals surface area contributed by atoms with E-state index in [1.54, 1.807) is 10.8 Å². The van der Waals surface area contributed by atoms with Gasteiger partial charge in [0, 0.05) is 36.6 Å². The molecule has 0 bridgehead atoms. The number of aromatic amines is 6. The number of aliphatic hydroxyl groups excluding tert-OH is 6. The third-order valence-electron chi connectivity index (χ3n) is 19.2. The van der Waals surface area contributed by atoms with E-state index >= 15 is 0 Å². The number of ether oxygens (including phenoxy) is 4. The van der Waals surface area contributed by atoms with Gasteiger partial charge in [0.15, 0.2) is 16.6 Å². The van der Waals surface area contributed by atoms with Crippen molar-refractivity contribution >= 4 is 16.6 Å². The highest BCUT2D eigenvalue weighted by molar-refractivity contribution is 6.74. The molecule has 4 fully saturated rings. The van der Waals surface area contributed by atoms with Crippen LogP contribution in [0.1, 0.15) is 156 Å². The Kier molecular flexibility index (Phi) is 30.4. The predicted octanol–water partition coefficient (Wildman–Crippen LogP) is 5.21. The highest BCUT2D eigenvalue weighted by Crippen LogP contribution is 2.47. The first-order chi connectivity index (χ1) is 46.4. The van der Waals surface area contributed by atoms with Crippen LogP contribution in [0.3, 0.4) is 0 Å². The number of nitrogens with one attached hydrogen (secondary N) is 6. The minimum Gasteiger partial charge on any atom is -0.411 e. The SMILES string of the molecule is C.C.CC[C@H]1O[C@@H](c2c[nH]c(=O)[nH]c2=O)[C@@H](O[Si](C)(C)C(C)(C)C)C1C.CC[C@H]1O[C@@H](c2cn(Cc3ccccc3)c(=O)[nH]c2=O)[C@@H](O[Si](C)(C)C(C)(C)C)C1C.O=c1[nH]c(=O)n(Cc2ccccc2)cc1[C@@H]1O[C@H](CO)C(O)[C@@H]1O.O=c1[nH]cc([C@@H]2O[C@H](CO)C(O)[C@@H]2O)c(=O)[nH]1.[2H]CF. The average molecular weight is 1440 g/mol. The van der Waals surface area contributed by atoms with E-state index in [1.807, 2.05) is 65.6 Å². The van der Waals surface area contributed by atoms with Crippen molar-refractivity contribution in [2.24, 2.45) is 11.8 Å². The number of rotatable bonds is 16. The highest BCUT2D eigenvalue weighted by Gasteiger charge is 2.51. The van der Waals surface area contributed by atoms with Crippen LogP contribution in [0.25, 0.3) is 0 Å². The molecule has 0 aliphatic carbocycles. The van der Waals surface area contributed by atoms with E-state index < -0.39 is 143 Å². The predicted molar refractivity (Wildman–Crippen MR) is 381 cm³/mol. The number of alkyl halides is 1. The fourth-order valence-electron chi connectivity index (χ4n) is 11.4. The van der Waals surface area contributed by atoms with Gasteiger partial charge in [-0.25, -0.2) is 19.2 Å². The Balaban J connectivity index is 0.000000285. The fourth-order valence-corrected chi connectivity index (χ4v) is 14.1. The number of aliphatic hydroxyl groups is 6. The van der Waals surface area contributed by atoms with E-state index in [2.05, 4.69) is 120 Å². The van der Waals surface area contributed by atoms with E-state index in [0.717, 1.165) is 30.2 Å². The van der Waals surface area contributed by atoms with Crippen molar-refractivity contribution in [2.75, 3.05) is 20.4 Å². The summed E-state index contributed by atoms with van der Waals surface area (Å²) >= 11 is 0. The molecule has 558 valence electrons. The van der Waals surface area contributed by atoms with Gasteiger partial charge in [-0.2, -0.15) is 0 Å². The molecule has 2 aromatic carbocycles. The summed E-state index contributed by atoms with van der Waals surface area (Å²) in [5.41, 5.74) is -1.64. The van der Waals surface area contributed by atoms with Crippen LogP contribution in [0.4, 0.5) is 4.39 Å². The maximum Gasteiger partial charge on any atom is 0.328 e. The first-order valence-corrected chi connectivity index (χ1v) is 38.4. The number of benzene rings is 2. The van der Waals surface area contributed by atoms with Gasteiger partial charge in [0.1, 0.15) is 61.0 Å². The lowest BCUT2D eigenvalue weighted by atomic mass is 9.95. The van der Waals surface area contributed by atoms with Gasteiger partial charge in [-0.1, -0.05) is 145 Å². The molecule has 28 nitrogen and oxygen atoms in total. The van der Waals surface area contributed by atoms with E-state index in [9.17, 15) is 63.2 Å². The minimum absolute atomic E-state index is 0. The Hall–Kier alpha value is -6.96. The maximum atomic E-state index is 12.8. The molecule has 0 radical (unpaired) electrons. The van der Waals surface area contributed by atoms with E-state index in [4.69, 9.17) is 39.4 Å². The van der Waals surface area contributed by atoms with Crippen molar-refractivity contribution in [3.63, 3.8) is 0 Å². The number of hydrogen-bond donors (Lipinski definition) is 12. The summed E-state index contributed by atoms with van der Waals surface area (Å²) in [5, 5.41) is 57.2. The molecule has 16 atom stereocenters. The Morgan fingerprint density at radius 2 is 0.800 bits per heavy atom. The quantitative estimate of drug-likeness (QED) is 0.0553. The monoisotopic (exact) mass is 1440 g/mol. The summed E-state index contributed by atoms with van der Waals surface area (Å²) in [6.07, 6.45) is -3.53. The second-order valence-electron chi connectivity index (χ2n) is 27.9. The second-order valence-corrected chi connectivity index (χ2v) is 37.4. The summed E-state index contributed by atoms with van der Waals surface area (Å²) in [4.78, 5) is 109. The first kappa shape index (κ1) is 83.7. The summed E-state index contributed by atoms with van der Waals surface area (Å²) in [6, 6.07) is 18.9. The van der Waals surface area contributed by atoms with Crippen LogP contribution in [0.5, 0.6) is 0 Å². The molecule has 4 saturated heterocycles. The Bertz CT molecular complexity index is 4080. The van der Waals surface area contributed by atoms with Gasteiger partial charge in [-0.3, -0.25) is 52.6 Å². The van der Waals surface area contributed by atoms with Crippen molar-refractivity contribution in [1.29, 1.82) is 0 Å². The third kappa shape index (κ3) is 20.2. The Morgan fingerprint density at radius 1 is 0.500 bits per heavy atom. The lowest BCUT2D eigenvalue weighted by molar-refractivity contribution is -0.0233. The number of aromatic nitrogens is 8. The molecule has 12 N–H and O–H groups in total. The molecule has 0 saturated carbocycles. The molecular weight excluding hydrogens is 1340 g/mol. The Labute approximate surface area is 583 Å². The van der Waals surface area contributed by atoms with Crippen LogP contribution in [0, 0.1) is 11.8 Å². The number of H-pyrrole nitrogens is 6. The molecule has 8 heterocycles. The molecule has 0 amide bonds. The zero-order valence-corrected chi connectivity index (χ0v) is 59.9. The minimum atomic E-state index is -2.09. The highest BCUT2D eigenvalue weighted by atomic mass is 28.4. The van der Waals surface area contributed by atoms with Gasteiger partial charge in [0.25, 0.3) is 22.2 Å².